The summed E-state index contributed by atoms with van der Waals surface area (Å²) in [4.78, 5) is 18.4. The molecule has 0 saturated heterocycles. The second kappa shape index (κ2) is 8.55. The van der Waals surface area contributed by atoms with Gasteiger partial charge in [0.1, 0.15) is 18.0 Å². The van der Waals surface area contributed by atoms with Gasteiger partial charge in [-0.05, 0) is 51.0 Å². The zero-order valence-corrected chi connectivity index (χ0v) is 17.4. The summed E-state index contributed by atoms with van der Waals surface area (Å²) in [5.41, 5.74) is 1.88. The quantitative estimate of drug-likeness (QED) is 0.797. The smallest absolute Gasteiger partial charge is 0.410 e. The Morgan fingerprint density at radius 3 is 2.72 bits per heavy atom. The number of carbonyl (C=O) groups is 1. The highest BCUT2D eigenvalue weighted by atomic mass is 35.5. The number of ether oxygens (including phenoxy) is 2. The average Bonchev–Trinajstić information content (AvgIpc) is 2.64. The number of fused-ring (bicyclic) bond motifs is 1. The van der Waals surface area contributed by atoms with Crippen LogP contribution in [0.2, 0.25) is 5.02 Å². The van der Waals surface area contributed by atoms with Crippen molar-refractivity contribution in [2.24, 2.45) is 0 Å². The predicted molar refractivity (Wildman–Crippen MR) is 106 cm³/mol. The molecule has 1 amide bonds. The van der Waals surface area contributed by atoms with Gasteiger partial charge < -0.3 is 19.5 Å². The summed E-state index contributed by atoms with van der Waals surface area (Å²) in [5.74, 6) is -0.260. The van der Waals surface area contributed by atoms with Crippen LogP contribution in [0.15, 0.2) is 24.3 Å². The van der Waals surface area contributed by atoms with Crippen LogP contribution >= 0.6 is 11.6 Å². The minimum absolute atomic E-state index is 0.0580. The monoisotopic (exact) mass is 422 g/mol. The van der Waals surface area contributed by atoms with E-state index in [2.05, 4.69) is 4.98 Å². The second-order valence-corrected chi connectivity index (χ2v) is 8.33. The third-order valence-corrected chi connectivity index (χ3v) is 4.66. The molecule has 0 spiro atoms. The van der Waals surface area contributed by atoms with Crippen LogP contribution in [0.3, 0.4) is 0 Å². The molecule has 0 unspecified atom stereocenters. The molecule has 0 atom stereocenters. The molecule has 3 rings (SSSR count). The van der Waals surface area contributed by atoms with Crippen LogP contribution < -0.4 is 4.74 Å². The van der Waals surface area contributed by atoms with Crippen LogP contribution in [-0.4, -0.2) is 33.2 Å². The van der Waals surface area contributed by atoms with E-state index in [4.69, 9.17) is 21.1 Å². The molecule has 1 aromatic heterocycles. The van der Waals surface area contributed by atoms with E-state index in [-0.39, 0.29) is 25.6 Å². The fourth-order valence-electron chi connectivity index (χ4n) is 3.00. The van der Waals surface area contributed by atoms with Crippen LogP contribution in [0.25, 0.3) is 0 Å². The number of aromatic nitrogens is 1. The zero-order valence-electron chi connectivity index (χ0n) is 16.7. The van der Waals surface area contributed by atoms with Crippen molar-refractivity contribution in [2.75, 3.05) is 6.54 Å². The Morgan fingerprint density at radius 1 is 1.31 bits per heavy atom. The van der Waals surface area contributed by atoms with Gasteiger partial charge in [0.25, 0.3) is 0 Å². The Morgan fingerprint density at radius 2 is 2.07 bits per heavy atom. The molecular formula is C21H24ClFN2O4. The van der Waals surface area contributed by atoms with Crippen LogP contribution in [0.5, 0.6) is 5.88 Å². The lowest BCUT2D eigenvalue weighted by atomic mass is 10.0. The molecule has 156 valence electrons. The highest BCUT2D eigenvalue weighted by Crippen LogP contribution is 2.27. The third-order valence-electron chi connectivity index (χ3n) is 4.42. The molecule has 6 nitrogen and oxygen atoms in total. The van der Waals surface area contributed by atoms with Gasteiger partial charge in [-0.1, -0.05) is 17.7 Å². The minimum Gasteiger partial charge on any atom is -0.472 e. The lowest BCUT2D eigenvalue weighted by Crippen LogP contribution is -2.40. The van der Waals surface area contributed by atoms with Crippen molar-refractivity contribution >= 4 is 17.7 Å². The second-order valence-electron chi connectivity index (χ2n) is 7.89. The number of benzene rings is 1. The first-order valence-electron chi connectivity index (χ1n) is 9.33. The maximum absolute atomic E-state index is 14.0. The van der Waals surface area contributed by atoms with E-state index in [0.29, 0.717) is 34.8 Å². The number of halogens is 2. The summed E-state index contributed by atoms with van der Waals surface area (Å²) in [6, 6.07) is 6.16. The lowest BCUT2D eigenvalue weighted by Gasteiger charge is -2.31. The number of aliphatic hydroxyl groups is 1. The fourth-order valence-corrected chi connectivity index (χ4v) is 3.15. The Balaban J connectivity index is 1.78. The van der Waals surface area contributed by atoms with Crippen LogP contribution in [-0.2, 0) is 30.9 Å². The van der Waals surface area contributed by atoms with Gasteiger partial charge in [-0.15, -0.1) is 0 Å². The molecule has 0 bridgehead atoms. The highest BCUT2D eigenvalue weighted by Gasteiger charge is 2.27. The Hall–Kier alpha value is -2.38. The molecule has 0 fully saturated rings. The van der Waals surface area contributed by atoms with Gasteiger partial charge in [0.15, 0.2) is 0 Å². The van der Waals surface area contributed by atoms with Crippen molar-refractivity contribution in [1.29, 1.82) is 0 Å². The summed E-state index contributed by atoms with van der Waals surface area (Å²) < 4.78 is 25.1. The van der Waals surface area contributed by atoms with Crippen LogP contribution in [0, 0.1) is 5.82 Å². The maximum Gasteiger partial charge on any atom is 0.410 e. The maximum atomic E-state index is 14.0. The molecule has 0 saturated carbocycles. The number of carbonyl (C=O) groups excluding carboxylic acids is 1. The predicted octanol–water partition coefficient (Wildman–Crippen LogP) is 4.24. The van der Waals surface area contributed by atoms with Crippen molar-refractivity contribution in [2.45, 2.75) is 52.6 Å². The zero-order chi connectivity index (χ0) is 21.2. The standard InChI is InChI=1S/C21H24ClFN2O4/c1-21(2,3)29-20(27)25-7-6-13-8-15(11-26)19(24-18(13)10-25)28-12-14-4-5-16(22)9-17(14)23/h4-5,8-9,26H,6-7,10-12H2,1-3H3. The summed E-state index contributed by atoms with van der Waals surface area (Å²) in [7, 11) is 0. The van der Waals surface area contributed by atoms with E-state index in [1.54, 1.807) is 17.0 Å². The van der Waals surface area contributed by atoms with Crippen LogP contribution in [0.4, 0.5) is 9.18 Å². The number of hydrogen-bond acceptors (Lipinski definition) is 5. The van der Waals surface area contributed by atoms with Gasteiger partial charge in [0, 0.05) is 22.7 Å². The van der Waals surface area contributed by atoms with Crippen molar-refractivity contribution in [3.63, 3.8) is 0 Å². The Kier molecular flexibility index (Phi) is 6.29. The van der Waals surface area contributed by atoms with E-state index < -0.39 is 17.5 Å². The summed E-state index contributed by atoms with van der Waals surface area (Å²) >= 11 is 5.77. The first-order chi connectivity index (χ1) is 13.7. The van der Waals surface area contributed by atoms with Crippen molar-refractivity contribution < 1.29 is 23.8 Å². The van der Waals surface area contributed by atoms with Gasteiger partial charge in [-0.3, -0.25) is 0 Å². The Labute approximate surface area is 174 Å². The molecule has 0 radical (unpaired) electrons. The van der Waals surface area contributed by atoms with E-state index >= 15 is 0 Å². The van der Waals surface area contributed by atoms with Gasteiger partial charge in [-0.2, -0.15) is 0 Å². The molecule has 1 aliphatic rings. The van der Waals surface area contributed by atoms with Crippen LogP contribution in [0.1, 0.15) is 43.2 Å². The molecule has 29 heavy (non-hydrogen) atoms. The minimum atomic E-state index is -0.581. The number of pyridine rings is 1. The van der Waals surface area contributed by atoms with E-state index in [0.717, 1.165) is 5.56 Å². The van der Waals surface area contributed by atoms with Gasteiger partial charge in [0.2, 0.25) is 5.88 Å². The van der Waals surface area contributed by atoms with Gasteiger partial charge in [-0.25, -0.2) is 14.2 Å². The highest BCUT2D eigenvalue weighted by molar-refractivity contribution is 6.30. The van der Waals surface area contributed by atoms with Gasteiger partial charge in [0.05, 0.1) is 18.8 Å². The Bertz CT molecular complexity index is 914. The average molecular weight is 423 g/mol. The number of aliphatic hydroxyl groups excluding tert-OH is 1. The van der Waals surface area contributed by atoms with Gasteiger partial charge >= 0.3 is 6.09 Å². The number of rotatable bonds is 4. The molecule has 2 heterocycles. The number of hydrogen-bond donors (Lipinski definition) is 1. The van der Waals surface area contributed by atoms with Crippen molar-refractivity contribution in [3.8, 4) is 5.88 Å². The van der Waals surface area contributed by atoms with Crippen molar-refractivity contribution in [3.05, 3.63) is 57.5 Å². The first-order valence-corrected chi connectivity index (χ1v) is 9.71. The van der Waals surface area contributed by atoms with E-state index in [1.807, 2.05) is 26.8 Å². The number of amides is 1. The van der Waals surface area contributed by atoms with Crippen molar-refractivity contribution in [1.82, 2.24) is 9.88 Å². The lowest BCUT2D eigenvalue weighted by molar-refractivity contribution is 0.0220. The third kappa shape index (κ3) is 5.36. The number of nitrogens with zero attached hydrogens (tertiary/aromatic N) is 2. The molecule has 8 heteroatoms. The molecule has 1 aromatic carbocycles. The summed E-state index contributed by atoms with van der Waals surface area (Å²) in [5, 5.41) is 9.98. The molecule has 0 aliphatic carbocycles. The first kappa shape index (κ1) is 21.3. The molecular weight excluding hydrogens is 399 g/mol. The van der Waals surface area contributed by atoms with E-state index in [9.17, 15) is 14.3 Å². The summed E-state index contributed by atoms with van der Waals surface area (Å²) in [6.45, 7) is 5.92. The topological polar surface area (TPSA) is 71.9 Å². The van der Waals surface area contributed by atoms with E-state index in [1.165, 1.54) is 6.07 Å². The molecule has 1 aliphatic heterocycles. The molecule has 1 N–H and O–H groups in total. The summed E-state index contributed by atoms with van der Waals surface area (Å²) in [6.07, 6.45) is 0.197. The normalized spacial score (nSPS) is 13.8. The molecule has 2 aromatic rings. The SMILES string of the molecule is CC(C)(C)OC(=O)N1CCc2cc(CO)c(OCc3ccc(Cl)cc3F)nc2C1. The fraction of sp³-hybridized carbons (Fsp3) is 0.429. The largest absolute Gasteiger partial charge is 0.472 e.